The molecule has 1 aliphatic carbocycles. The first-order valence-corrected chi connectivity index (χ1v) is 5.13. The third-order valence-corrected chi connectivity index (χ3v) is 3.02. The van der Waals surface area contributed by atoms with Gasteiger partial charge in [-0.2, -0.15) is 0 Å². The summed E-state index contributed by atoms with van der Waals surface area (Å²) in [6.07, 6.45) is 5.25. The normalized spacial score (nSPS) is 17.2. The maximum absolute atomic E-state index is 5.97. The Morgan fingerprint density at radius 2 is 2.29 bits per heavy atom. The monoisotopic (exact) mass is 208 g/mol. The van der Waals surface area contributed by atoms with Gasteiger partial charge in [-0.05, 0) is 18.9 Å². The van der Waals surface area contributed by atoms with Gasteiger partial charge in [0.2, 0.25) is 11.6 Å². The largest absolute Gasteiger partial charge is 0.422 e. The second-order valence-corrected chi connectivity index (χ2v) is 4.03. The topological polar surface area (TPSA) is 38.9 Å². The van der Waals surface area contributed by atoms with Crippen molar-refractivity contribution >= 4 is 22.8 Å². The molecule has 2 heterocycles. The van der Waals surface area contributed by atoms with E-state index in [0.29, 0.717) is 22.2 Å². The Kier molecular flexibility index (Phi) is 1.74. The Labute approximate surface area is 86.1 Å². The van der Waals surface area contributed by atoms with Gasteiger partial charge in [-0.15, -0.1) is 0 Å². The van der Waals surface area contributed by atoms with E-state index < -0.39 is 0 Å². The van der Waals surface area contributed by atoms with Gasteiger partial charge in [0.15, 0.2) is 0 Å². The molecule has 0 aromatic carbocycles. The summed E-state index contributed by atoms with van der Waals surface area (Å²) >= 11 is 5.97. The average Bonchev–Trinajstić information content (AvgIpc) is 2.46. The van der Waals surface area contributed by atoms with E-state index in [-0.39, 0.29) is 0 Å². The van der Waals surface area contributed by atoms with Crippen LogP contribution in [-0.2, 0) is 0 Å². The van der Waals surface area contributed by atoms with Crippen molar-refractivity contribution in [2.45, 2.75) is 25.2 Å². The van der Waals surface area contributed by atoms with Crippen LogP contribution in [0.3, 0.4) is 0 Å². The summed E-state index contributed by atoms with van der Waals surface area (Å²) in [6.45, 7) is 0. The van der Waals surface area contributed by atoms with Gasteiger partial charge in [0.05, 0.1) is 5.02 Å². The fraction of sp³-hybridized carbons (Fsp3) is 0.400. The summed E-state index contributed by atoms with van der Waals surface area (Å²) in [6, 6.07) is 1.73. The van der Waals surface area contributed by atoms with Gasteiger partial charge >= 0.3 is 0 Å². The Balaban J connectivity index is 2.15. The maximum Gasteiger partial charge on any atom is 0.248 e. The van der Waals surface area contributed by atoms with Crippen molar-refractivity contribution in [3.05, 3.63) is 23.2 Å². The van der Waals surface area contributed by atoms with E-state index in [1.165, 1.54) is 19.3 Å². The zero-order valence-corrected chi connectivity index (χ0v) is 8.29. The first-order chi connectivity index (χ1) is 6.84. The molecule has 4 heteroatoms. The van der Waals surface area contributed by atoms with Crippen LogP contribution in [0.1, 0.15) is 31.1 Å². The predicted octanol–water partition coefficient (Wildman–Crippen LogP) is 3.14. The van der Waals surface area contributed by atoms with Crippen LogP contribution in [0.25, 0.3) is 11.2 Å². The Bertz CT molecular complexity index is 476. The molecule has 1 fully saturated rings. The lowest BCUT2D eigenvalue weighted by Gasteiger charge is -2.21. The molecule has 1 aliphatic rings. The summed E-state index contributed by atoms with van der Waals surface area (Å²) in [4.78, 5) is 8.46. The van der Waals surface area contributed by atoms with Crippen LogP contribution in [0.2, 0.25) is 5.02 Å². The standard InChI is InChI=1S/C10H9ClN2O/c11-7-4-5-12-10-8(7)13-9(14-10)6-2-1-3-6/h4-6H,1-3H2. The minimum absolute atomic E-state index is 0.486. The van der Waals surface area contributed by atoms with Crippen molar-refractivity contribution in [3.8, 4) is 0 Å². The zero-order valence-electron chi connectivity index (χ0n) is 7.53. The van der Waals surface area contributed by atoms with E-state index in [1.807, 2.05) is 0 Å². The number of aromatic nitrogens is 2. The summed E-state index contributed by atoms with van der Waals surface area (Å²) < 4.78 is 5.55. The van der Waals surface area contributed by atoms with Gasteiger partial charge in [-0.3, -0.25) is 0 Å². The number of fused-ring (bicyclic) bond motifs is 1. The Morgan fingerprint density at radius 1 is 1.43 bits per heavy atom. The number of hydrogen-bond acceptors (Lipinski definition) is 3. The molecule has 0 aliphatic heterocycles. The van der Waals surface area contributed by atoms with Crippen LogP contribution in [0.15, 0.2) is 16.7 Å². The highest BCUT2D eigenvalue weighted by Crippen LogP contribution is 2.37. The highest BCUT2D eigenvalue weighted by atomic mass is 35.5. The Hall–Kier alpha value is -1.09. The number of halogens is 1. The molecular weight excluding hydrogens is 200 g/mol. The zero-order chi connectivity index (χ0) is 9.54. The lowest BCUT2D eigenvalue weighted by molar-refractivity contribution is 0.342. The van der Waals surface area contributed by atoms with E-state index in [9.17, 15) is 0 Å². The minimum atomic E-state index is 0.486. The van der Waals surface area contributed by atoms with Crippen molar-refractivity contribution in [2.24, 2.45) is 0 Å². The number of oxazole rings is 1. The summed E-state index contributed by atoms with van der Waals surface area (Å²) in [5.41, 5.74) is 1.25. The number of rotatable bonds is 1. The van der Waals surface area contributed by atoms with E-state index >= 15 is 0 Å². The Morgan fingerprint density at radius 3 is 2.93 bits per heavy atom. The fourth-order valence-electron chi connectivity index (χ4n) is 1.65. The first-order valence-electron chi connectivity index (χ1n) is 4.75. The van der Waals surface area contributed by atoms with Gasteiger partial charge in [-0.25, -0.2) is 9.97 Å². The molecule has 0 radical (unpaired) electrons. The lowest BCUT2D eigenvalue weighted by atomic mass is 9.85. The summed E-state index contributed by atoms with van der Waals surface area (Å²) in [5.74, 6) is 1.28. The van der Waals surface area contributed by atoms with Crippen LogP contribution in [0.4, 0.5) is 0 Å². The summed E-state index contributed by atoms with van der Waals surface area (Å²) in [7, 11) is 0. The molecule has 14 heavy (non-hydrogen) atoms. The lowest BCUT2D eigenvalue weighted by Crippen LogP contribution is -2.08. The van der Waals surface area contributed by atoms with Crippen molar-refractivity contribution in [1.29, 1.82) is 0 Å². The van der Waals surface area contributed by atoms with Crippen LogP contribution in [0, 0.1) is 0 Å². The molecule has 1 saturated carbocycles. The van der Waals surface area contributed by atoms with Crippen molar-refractivity contribution in [2.75, 3.05) is 0 Å². The molecule has 2 aromatic rings. The second kappa shape index (κ2) is 2.95. The molecule has 0 atom stereocenters. The van der Waals surface area contributed by atoms with Gasteiger partial charge in [-0.1, -0.05) is 18.0 Å². The molecule has 0 N–H and O–H groups in total. The van der Waals surface area contributed by atoms with Crippen molar-refractivity contribution in [3.63, 3.8) is 0 Å². The average molecular weight is 209 g/mol. The SMILES string of the molecule is Clc1ccnc2oc(C3CCC3)nc12. The van der Waals surface area contributed by atoms with Crippen molar-refractivity contribution < 1.29 is 4.42 Å². The molecule has 0 saturated heterocycles. The molecule has 0 spiro atoms. The van der Waals surface area contributed by atoms with E-state index in [0.717, 1.165) is 5.89 Å². The molecule has 2 aromatic heterocycles. The van der Waals surface area contributed by atoms with E-state index in [4.69, 9.17) is 16.0 Å². The minimum Gasteiger partial charge on any atom is -0.422 e. The van der Waals surface area contributed by atoms with Crippen LogP contribution in [0.5, 0.6) is 0 Å². The molecule has 0 bridgehead atoms. The fourth-order valence-corrected chi connectivity index (χ4v) is 1.83. The molecule has 3 rings (SSSR count). The molecule has 72 valence electrons. The highest BCUT2D eigenvalue weighted by molar-refractivity contribution is 6.34. The third kappa shape index (κ3) is 1.12. The highest BCUT2D eigenvalue weighted by Gasteiger charge is 2.25. The predicted molar refractivity (Wildman–Crippen MR) is 53.4 cm³/mol. The molecular formula is C10H9ClN2O. The number of hydrogen-bond donors (Lipinski definition) is 0. The van der Waals surface area contributed by atoms with E-state index in [1.54, 1.807) is 12.3 Å². The van der Waals surface area contributed by atoms with Gasteiger partial charge in [0.1, 0.15) is 5.52 Å². The smallest absolute Gasteiger partial charge is 0.248 e. The van der Waals surface area contributed by atoms with E-state index in [2.05, 4.69) is 9.97 Å². The van der Waals surface area contributed by atoms with Crippen LogP contribution in [-0.4, -0.2) is 9.97 Å². The van der Waals surface area contributed by atoms with Crippen molar-refractivity contribution in [1.82, 2.24) is 9.97 Å². The number of pyridine rings is 1. The quantitative estimate of drug-likeness (QED) is 0.723. The van der Waals surface area contributed by atoms with Crippen LogP contribution >= 0.6 is 11.6 Å². The van der Waals surface area contributed by atoms with Gasteiger partial charge in [0, 0.05) is 12.1 Å². The molecule has 0 amide bonds. The molecule has 3 nitrogen and oxygen atoms in total. The van der Waals surface area contributed by atoms with Gasteiger partial charge in [0.25, 0.3) is 0 Å². The third-order valence-electron chi connectivity index (χ3n) is 2.72. The second-order valence-electron chi connectivity index (χ2n) is 3.63. The summed E-state index contributed by atoms with van der Waals surface area (Å²) in [5, 5.41) is 0.615. The van der Waals surface area contributed by atoms with Gasteiger partial charge < -0.3 is 4.42 Å². The molecule has 0 unspecified atom stereocenters. The first kappa shape index (κ1) is 8.24. The van der Waals surface area contributed by atoms with Crippen LogP contribution < -0.4 is 0 Å². The maximum atomic E-state index is 5.97. The number of nitrogens with zero attached hydrogens (tertiary/aromatic N) is 2.